The first-order valence-corrected chi connectivity index (χ1v) is 11.5. The lowest BCUT2D eigenvalue weighted by Gasteiger charge is -2.22. The Balaban J connectivity index is 1.49. The minimum absolute atomic E-state index is 0.321. The molecule has 1 fully saturated rings. The molecule has 6 heteroatoms. The Bertz CT molecular complexity index is 886. The summed E-state index contributed by atoms with van der Waals surface area (Å²) in [7, 11) is -3.62. The summed E-state index contributed by atoms with van der Waals surface area (Å²) in [5.41, 5.74) is 3.50. The molecule has 1 aromatic heterocycles. The number of benzene rings is 1. The van der Waals surface area contributed by atoms with E-state index >= 15 is 0 Å². The first kappa shape index (κ1) is 18.3. The predicted molar refractivity (Wildman–Crippen MR) is 109 cm³/mol. The molecule has 2 aliphatic rings. The largest absolute Gasteiger partial charge is 0.370 e. The van der Waals surface area contributed by atoms with Crippen molar-refractivity contribution in [1.29, 1.82) is 0 Å². The molecule has 27 heavy (non-hydrogen) atoms. The zero-order valence-electron chi connectivity index (χ0n) is 15.7. The van der Waals surface area contributed by atoms with Gasteiger partial charge in [-0.15, -0.1) is 0 Å². The van der Waals surface area contributed by atoms with Gasteiger partial charge in [0.25, 0.3) is 10.0 Å². The topological polar surface area (TPSA) is 62.3 Å². The molecular formula is C21H27N3O2S. The highest BCUT2D eigenvalue weighted by atomic mass is 32.2. The average molecular weight is 386 g/mol. The van der Waals surface area contributed by atoms with Crippen LogP contribution in [0.4, 0.5) is 11.5 Å². The summed E-state index contributed by atoms with van der Waals surface area (Å²) >= 11 is 0. The molecule has 1 N–H and O–H groups in total. The van der Waals surface area contributed by atoms with Crippen molar-refractivity contribution in [1.82, 2.24) is 4.98 Å². The van der Waals surface area contributed by atoms with Crippen LogP contribution in [0.3, 0.4) is 0 Å². The van der Waals surface area contributed by atoms with Crippen molar-refractivity contribution in [2.45, 2.75) is 56.3 Å². The van der Waals surface area contributed by atoms with Crippen LogP contribution in [0, 0.1) is 0 Å². The van der Waals surface area contributed by atoms with Crippen molar-refractivity contribution in [3.8, 4) is 0 Å². The number of rotatable bonds is 4. The summed E-state index contributed by atoms with van der Waals surface area (Å²) in [6, 6.07) is 9.21. The molecule has 2 heterocycles. The Morgan fingerprint density at radius 3 is 2.30 bits per heavy atom. The van der Waals surface area contributed by atoms with Gasteiger partial charge in [-0.05, 0) is 73.9 Å². The second kappa shape index (κ2) is 7.89. The van der Waals surface area contributed by atoms with E-state index in [0.717, 1.165) is 43.6 Å². The number of aryl methyl sites for hydroxylation is 2. The van der Waals surface area contributed by atoms with E-state index in [4.69, 9.17) is 0 Å². The third-order valence-corrected chi connectivity index (χ3v) is 6.94. The SMILES string of the molecule is O=S(=O)(Nc1ccc(N2CCCCCC2)cn1)c1ccc2c(c1)CCCC2. The van der Waals surface area contributed by atoms with Gasteiger partial charge in [0.15, 0.2) is 0 Å². The van der Waals surface area contributed by atoms with Crippen LogP contribution in [0.2, 0.25) is 0 Å². The minimum Gasteiger partial charge on any atom is -0.370 e. The number of hydrogen-bond donors (Lipinski definition) is 1. The molecule has 1 saturated heterocycles. The fourth-order valence-electron chi connectivity index (χ4n) is 4.04. The molecule has 144 valence electrons. The maximum absolute atomic E-state index is 12.8. The van der Waals surface area contributed by atoms with Gasteiger partial charge in [0.1, 0.15) is 5.82 Å². The molecule has 0 atom stereocenters. The van der Waals surface area contributed by atoms with E-state index in [1.54, 1.807) is 18.3 Å². The maximum atomic E-state index is 12.8. The fraction of sp³-hybridized carbons (Fsp3) is 0.476. The summed E-state index contributed by atoms with van der Waals surface area (Å²) in [4.78, 5) is 7.01. The summed E-state index contributed by atoms with van der Waals surface area (Å²) in [6.45, 7) is 2.09. The quantitative estimate of drug-likeness (QED) is 0.859. The number of nitrogens with one attached hydrogen (secondary N) is 1. The first-order chi connectivity index (χ1) is 13.1. The summed E-state index contributed by atoms with van der Waals surface area (Å²) < 4.78 is 28.1. The summed E-state index contributed by atoms with van der Waals surface area (Å²) in [6.07, 6.45) is 11.1. The van der Waals surface area contributed by atoms with E-state index in [1.165, 1.54) is 37.7 Å². The van der Waals surface area contributed by atoms with Crippen molar-refractivity contribution in [2.75, 3.05) is 22.7 Å². The van der Waals surface area contributed by atoms with Crippen molar-refractivity contribution in [2.24, 2.45) is 0 Å². The van der Waals surface area contributed by atoms with E-state index in [0.29, 0.717) is 10.7 Å². The average Bonchev–Trinajstić information content (AvgIpc) is 2.97. The predicted octanol–water partition coefficient (Wildman–Crippen LogP) is 4.14. The molecule has 1 aliphatic carbocycles. The zero-order valence-corrected chi connectivity index (χ0v) is 16.5. The summed E-state index contributed by atoms with van der Waals surface area (Å²) in [5, 5.41) is 0. The first-order valence-electron chi connectivity index (χ1n) is 9.97. The minimum atomic E-state index is -3.62. The summed E-state index contributed by atoms with van der Waals surface area (Å²) in [5.74, 6) is 0.367. The van der Waals surface area contributed by atoms with Gasteiger partial charge in [0.05, 0.1) is 16.8 Å². The van der Waals surface area contributed by atoms with Crippen LogP contribution in [0.5, 0.6) is 0 Å². The second-order valence-electron chi connectivity index (χ2n) is 7.55. The molecule has 1 aliphatic heterocycles. The van der Waals surface area contributed by atoms with E-state index in [2.05, 4.69) is 14.6 Å². The maximum Gasteiger partial charge on any atom is 0.263 e. The van der Waals surface area contributed by atoms with Crippen LogP contribution in [0.1, 0.15) is 49.7 Å². The molecule has 0 unspecified atom stereocenters. The van der Waals surface area contributed by atoms with Crippen LogP contribution < -0.4 is 9.62 Å². The molecule has 4 rings (SSSR count). The van der Waals surface area contributed by atoms with Gasteiger partial charge in [-0.3, -0.25) is 4.72 Å². The number of sulfonamides is 1. The number of aromatic nitrogens is 1. The standard InChI is InChI=1S/C21H27N3O2S/c25-27(26,20-11-9-17-7-3-4-8-18(17)15-20)23-21-12-10-19(16-22-21)24-13-5-1-2-6-14-24/h9-12,15-16H,1-8,13-14H2,(H,22,23). The molecule has 5 nitrogen and oxygen atoms in total. The van der Waals surface area contributed by atoms with Crippen molar-refractivity contribution >= 4 is 21.5 Å². The van der Waals surface area contributed by atoms with Crippen molar-refractivity contribution in [3.05, 3.63) is 47.7 Å². The Labute approximate surface area is 161 Å². The highest BCUT2D eigenvalue weighted by molar-refractivity contribution is 7.92. The van der Waals surface area contributed by atoms with Crippen molar-refractivity contribution in [3.63, 3.8) is 0 Å². The Morgan fingerprint density at radius 1 is 0.852 bits per heavy atom. The smallest absolute Gasteiger partial charge is 0.263 e. The third-order valence-electron chi connectivity index (χ3n) is 5.59. The van der Waals surface area contributed by atoms with E-state index in [1.807, 2.05) is 18.2 Å². The molecule has 2 aromatic rings. The van der Waals surface area contributed by atoms with Gasteiger partial charge in [-0.25, -0.2) is 13.4 Å². The molecule has 0 saturated carbocycles. The van der Waals surface area contributed by atoms with E-state index in [9.17, 15) is 8.42 Å². The lowest BCUT2D eigenvalue weighted by Crippen LogP contribution is -2.24. The number of nitrogens with zero attached hydrogens (tertiary/aromatic N) is 2. The van der Waals surface area contributed by atoms with Crippen LogP contribution >= 0.6 is 0 Å². The normalized spacial score (nSPS) is 17.9. The number of hydrogen-bond acceptors (Lipinski definition) is 4. The van der Waals surface area contributed by atoms with E-state index in [-0.39, 0.29) is 0 Å². The monoisotopic (exact) mass is 385 g/mol. The van der Waals surface area contributed by atoms with Gasteiger partial charge in [0, 0.05) is 13.1 Å². The van der Waals surface area contributed by atoms with Gasteiger partial charge < -0.3 is 4.90 Å². The Morgan fingerprint density at radius 2 is 1.59 bits per heavy atom. The Hall–Kier alpha value is -2.08. The van der Waals surface area contributed by atoms with Crippen LogP contribution in [-0.2, 0) is 22.9 Å². The van der Waals surface area contributed by atoms with E-state index < -0.39 is 10.0 Å². The molecule has 0 radical (unpaired) electrons. The number of anilines is 2. The highest BCUT2D eigenvalue weighted by Crippen LogP contribution is 2.25. The number of pyridine rings is 1. The highest BCUT2D eigenvalue weighted by Gasteiger charge is 2.18. The molecule has 0 amide bonds. The van der Waals surface area contributed by atoms with Gasteiger partial charge in [0.2, 0.25) is 0 Å². The molecule has 0 bridgehead atoms. The molecule has 0 spiro atoms. The lowest BCUT2D eigenvalue weighted by molar-refractivity contribution is 0.600. The Kier molecular flexibility index (Phi) is 5.34. The second-order valence-corrected chi connectivity index (χ2v) is 9.23. The van der Waals surface area contributed by atoms with Crippen LogP contribution in [0.25, 0.3) is 0 Å². The third kappa shape index (κ3) is 4.26. The van der Waals surface area contributed by atoms with Crippen LogP contribution in [0.15, 0.2) is 41.4 Å². The van der Waals surface area contributed by atoms with Crippen LogP contribution in [-0.4, -0.2) is 26.5 Å². The lowest BCUT2D eigenvalue weighted by atomic mass is 9.92. The number of fused-ring (bicyclic) bond motifs is 1. The fourth-order valence-corrected chi connectivity index (χ4v) is 5.09. The molecular weight excluding hydrogens is 358 g/mol. The van der Waals surface area contributed by atoms with Gasteiger partial charge in [-0.2, -0.15) is 0 Å². The van der Waals surface area contributed by atoms with Gasteiger partial charge in [-0.1, -0.05) is 18.9 Å². The van der Waals surface area contributed by atoms with Crippen molar-refractivity contribution < 1.29 is 8.42 Å². The molecule has 1 aromatic carbocycles. The van der Waals surface area contributed by atoms with Gasteiger partial charge >= 0.3 is 0 Å². The zero-order chi connectivity index (χ0) is 18.7.